The number of rotatable bonds is 6. The van der Waals surface area contributed by atoms with Crippen LogP contribution in [0.4, 0.5) is 23.5 Å². The number of alkyl halides is 3. The van der Waals surface area contributed by atoms with Gasteiger partial charge in [-0.3, -0.25) is 4.79 Å². The van der Waals surface area contributed by atoms with Gasteiger partial charge in [0.05, 0.1) is 43.0 Å². The number of anilines is 1. The van der Waals surface area contributed by atoms with Gasteiger partial charge in [0, 0.05) is 6.54 Å². The molecule has 190 valence electrons. The zero-order valence-electron chi connectivity index (χ0n) is 20.3. The fraction of sp³-hybridized carbons (Fsp3) is 0.409. The first-order valence-electron chi connectivity index (χ1n) is 11.6. The number of methoxy groups -OCH3 is 1. The predicted octanol–water partition coefficient (Wildman–Crippen LogP) is 3.10. The van der Waals surface area contributed by atoms with E-state index in [1.165, 1.54) is 11.8 Å². The van der Waals surface area contributed by atoms with Gasteiger partial charge in [-0.05, 0) is 31.0 Å². The van der Waals surface area contributed by atoms with Gasteiger partial charge in [0.1, 0.15) is 19.1 Å². The molecule has 0 bridgehead atoms. The molecular formula is C22H22F4N8O2. The fourth-order valence-corrected chi connectivity index (χ4v) is 4.33. The van der Waals surface area contributed by atoms with E-state index in [1.54, 1.807) is 25.1 Å². The van der Waals surface area contributed by atoms with E-state index in [0.717, 1.165) is 15.6 Å². The zero-order chi connectivity index (χ0) is 26.5. The molecule has 1 amide bonds. The Morgan fingerprint density at radius 3 is 2.92 bits per heavy atom. The first-order chi connectivity index (χ1) is 17.6. The number of aromatic nitrogens is 6. The minimum absolute atomic E-state index is 0.0355. The summed E-state index contributed by atoms with van der Waals surface area (Å²) in [5.41, 5.74) is 1.66. The Morgan fingerprint density at radius 2 is 2.22 bits per heavy atom. The van der Waals surface area contributed by atoms with Crippen LogP contribution in [0, 0.1) is 5.82 Å². The number of nitrogens with one attached hydrogen (secondary N) is 1. The Hall–Kier alpha value is -3.97. The summed E-state index contributed by atoms with van der Waals surface area (Å²) in [5.74, 6) is -4.32. The van der Waals surface area contributed by atoms with E-state index in [9.17, 15) is 18.0 Å². The highest BCUT2D eigenvalue weighted by Gasteiger charge is 2.45. The van der Waals surface area contributed by atoms with Crippen molar-refractivity contribution in [2.24, 2.45) is 0 Å². The molecule has 4 heterocycles. The average molecular weight is 507 g/mol. The normalized spacial score (nSPS) is 18.9. The van der Waals surface area contributed by atoms with Crippen molar-refractivity contribution in [2.75, 3.05) is 32.2 Å². The van der Waals surface area contributed by atoms with Gasteiger partial charge in [-0.15, -0.1) is 10.2 Å². The maximum atomic E-state index is 15.3. The number of carbonyl (C=O) groups is 1. The minimum atomic E-state index is -3.35. The van der Waals surface area contributed by atoms with Crippen molar-refractivity contribution in [2.45, 2.75) is 31.4 Å². The highest BCUT2D eigenvalue weighted by molar-refractivity contribution is 5.89. The van der Waals surface area contributed by atoms with E-state index < -0.39 is 43.4 Å². The van der Waals surface area contributed by atoms with Gasteiger partial charge < -0.3 is 15.0 Å². The first kappa shape index (κ1) is 22.5. The largest absolute Gasteiger partial charge is 0.479 e. The lowest BCUT2D eigenvalue weighted by molar-refractivity contribution is -0.129. The van der Waals surface area contributed by atoms with E-state index in [1.807, 2.05) is 0 Å². The molecule has 0 saturated carbocycles. The Kier molecular flexibility index (Phi) is 5.57. The fourth-order valence-electron chi connectivity index (χ4n) is 4.33. The third kappa shape index (κ3) is 3.95. The van der Waals surface area contributed by atoms with Crippen LogP contribution < -0.4 is 10.1 Å². The second-order valence-electron chi connectivity index (χ2n) is 8.59. The van der Waals surface area contributed by atoms with Crippen LogP contribution in [0.3, 0.4) is 0 Å². The SMILES string of the molecule is [2H]C(=O)N1CC[C@@H](Nc2nc(OC)c3c(-c4ccc5nnn([C@H](C)CF)c5c4)c(F)cn3n2)C(F)(F)C1. The Morgan fingerprint density at radius 1 is 1.42 bits per heavy atom. The number of nitrogens with zero attached hydrogens (tertiary/aromatic N) is 7. The number of hydrogen-bond donors (Lipinski definition) is 1. The molecule has 14 heteroatoms. The molecule has 36 heavy (non-hydrogen) atoms. The lowest BCUT2D eigenvalue weighted by Gasteiger charge is -2.36. The van der Waals surface area contributed by atoms with Crippen LogP contribution in [0.25, 0.3) is 27.7 Å². The van der Waals surface area contributed by atoms with Crippen molar-refractivity contribution in [3.05, 3.63) is 30.2 Å². The summed E-state index contributed by atoms with van der Waals surface area (Å²) >= 11 is 0. The van der Waals surface area contributed by atoms with Gasteiger partial charge >= 0.3 is 0 Å². The second-order valence-corrected chi connectivity index (χ2v) is 8.59. The highest BCUT2D eigenvalue weighted by atomic mass is 19.3. The highest BCUT2D eigenvalue weighted by Crippen LogP contribution is 2.36. The van der Waals surface area contributed by atoms with Gasteiger partial charge in [-0.1, -0.05) is 11.3 Å². The molecule has 1 N–H and O–H groups in total. The number of halogens is 4. The van der Waals surface area contributed by atoms with Gasteiger partial charge in [0.15, 0.2) is 5.82 Å². The summed E-state index contributed by atoms with van der Waals surface area (Å²) in [6.45, 7) is 0.0235. The summed E-state index contributed by atoms with van der Waals surface area (Å²) in [7, 11) is 1.30. The van der Waals surface area contributed by atoms with Gasteiger partial charge in [-0.2, -0.15) is 4.98 Å². The summed E-state index contributed by atoms with van der Waals surface area (Å²) in [5, 5.41) is 14.7. The van der Waals surface area contributed by atoms with Crippen molar-refractivity contribution >= 4 is 28.9 Å². The molecule has 3 aromatic heterocycles. The molecule has 5 rings (SSSR count). The molecule has 2 atom stereocenters. The van der Waals surface area contributed by atoms with Crippen LogP contribution in [-0.2, 0) is 4.79 Å². The maximum Gasteiger partial charge on any atom is 0.285 e. The van der Waals surface area contributed by atoms with E-state index in [2.05, 4.69) is 25.7 Å². The molecular weight excluding hydrogens is 484 g/mol. The molecule has 10 nitrogen and oxygen atoms in total. The number of hydrogen-bond acceptors (Lipinski definition) is 7. The molecule has 1 fully saturated rings. The number of benzene rings is 1. The van der Waals surface area contributed by atoms with Crippen LogP contribution in [0.2, 0.25) is 0 Å². The van der Waals surface area contributed by atoms with Crippen LogP contribution in [0.15, 0.2) is 24.4 Å². The Labute approximate surface area is 203 Å². The second kappa shape index (κ2) is 8.91. The summed E-state index contributed by atoms with van der Waals surface area (Å²) in [4.78, 5) is 16.1. The monoisotopic (exact) mass is 507 g/mol. The van der Waals surface area contributed by atoms with E-state index in [-0.39, 0.29) is 35.9 Å². The van der Waals surface area contributed by atoms with Gasteiger partial charge in [0.2, 0.25) is 18.2 Å². The molecule has 0 spiro atoms. The summed E-state index contributed by atoms with van der Waals surface area (Å²) < 4.78 is 72.8. The topological polar surface area (TPSA) is 102 Å². The molecule has 0 radical (unpaired) electrons. The average Bonchev–Trinajstić information content (AvgIpc) is 3.43. The molecule has 1 aliphatic rings. The maximum absolute atomic E-state index is 15.3. The van der Waals surface area contributed by atoms with Crippen molar-refractivity contribution in [3.8, 4) is 17.0 Å². The summed E-state index contributed by atoms with van der Waals surface area (Å²) in [6, 6.07) is 2.87. The van der Waals surface area contributed by atoms with E-state index in [4.69, 9.17) is 6.11 Å². The Balaban J connectivity index is 1.54. The predicted molar refractivity (Wildman–Crippen MR) is 121 cm³/mol. The van der Waals surface area contributed by atoms with Gasteiger partial charge in [0.25, 0.3) is 5.92 Å². The zero-order valence-corrected chi connectivity index (χ0v) is 19.3. The Bertz CT molecular complexity index is 1490. The molecule has 1 aromatic carbocycles. The van der Waals surface area contributed by atoms with Crippen molar-refractivity contribution < 1.29 is 28.5 Å². The van der Waals surface area contributed by atoms with Crippen LogP contribution >= 0.6 is 0 Å². The number of fused-ring (bicyclic) bond motifs is 2. The minimum Gasteiger partial charge on any atom is -0.479 e. The third-order valence-electron chi connectivity index (χ3n) is 6.18. The number of ether oxygens (including phenoxy) is 1. The number of carbonyl (C=O) groups excluding carboxylic acids is 1. The molecule has 1 aliphatic heterocycles. The first-order valence-corrected chi connectivity index (χ1v) is 11.1. The van der Waals surface area contributed by atoms with Crippen LogP contribution in [0.5, 0.6) is 5.88 Å². The van der Waals surface area contributed by atoms with E-state index >= 15 is 4.39 Å². The number of likely N-dealkylation sites (tertiary alicyclic amines) is 1. The lowest BCUT2D eigenvalue weighted by atomic mass is 10.0. The van der Waals surface area contributed by atoms with Crippen LogP contribution in [0.1, 0.15) is 20.8 Å². The standard InChI is InChI=1S/C22H22F4N8O2/c1-12(8-23)34-16-7-13(3-4-15(16)29-31-34)18-14(24)9-33-19(18)20(36-2)28-21(30-33)27-17-5-6-32(11-35)10-22(17,25)26/h3-4,7,9,11-12,17H,5-6,8,10H2,1-2H3,(H,27,30)/t12-,17-/m1/s1/i11D. The third-order valence-corrected chi connectivity index (χ3v) is 6.18. The van der Waals surface area contributed by atoms with Crippen LogP contribution in [-0.4, -0.2) is 79.7 Å². The van der Waals surface area contributed by atoms with Crippen molar-refractivity contribution in [3.63, 3.8) is 0 Å². The molecule has 4 aromatic rings. The quantitative estimate of drug-likeness (QED) is 0.316. The van der Waals surface area contributed by atoms with Gasteiger partial charge in [-0.25, -0.2) is 26.8 Å². The smallest absolute Gasteiger partial charge is 0.285 e. The molecule has 1 saturated heterocycles. The number of amides is 1. The van der Waals surface area contributed by atoms with Crippen molar-refractivity contribution in [1.82, 2.24) is 34.5 Å². The molecule has 0 unspecified atom stereocenters. The molecule has 0 aliphatic carbocycles. The van der Waals surface area contributed by atoms with E-state index in [0.29, 0.717) is 16.6 Å². The lowest BCUT2D eigenvalue weighted by Crippen LogP contribution is -2.54. The number of piperidine rings is 1. The summed E-state index contributed by atoms with van der Waals surface area (Å²) in [6.07, 6.45) is -0.251. The van der Waals surface area contributed by atoms with Crippen molar-refractivity contribution in [1.29, 1.82) is 0 Å².